The molecule has 0 saturated heterocycles. The molecule has 0 saturated carbocycles. The van der Waals surface area contributed by atoms with Crippen LogP contribution in [0.2, 0.25) is 0 Å². The first kappa shape index (κ1) is 16.3. The number of aromatic nitrogens is 2. The zero-order chi connectivity index (χ0) is 15.6. The van der Waals surface area contributed by atoms with Gasteiger partial charge in [0.25, 0.3) is 0 Å². The predicted octanol–water partition coefficient (Wildman–Crippen LogP) is 3.74. The molecule has 0 bridgehead atoms. The highest BCUT2D eigenvalue weighted by Crippen LogP contribution is 2.23. The summed E-state index contributed by atoms with van der Waals surface area (Å²) >= 11 is 0. The number of rotatable bonds is 3. The van der Waals surface area contributed by atoms with Crippen molar-refractivity contribution >= 4 is 5.78 Å². The van der Waals surface area contributed by atoms with E-state index in [1.807, 2.05) is 20.8 Å². The smallest absolute Gasteiger partial charge is 0.226 e. The predicted molar refractivity (Wildman–Crippen MR) is 79.7 cm³/mol. The Labute approximate surface area is 121 Å². The van der Waals surface area contributed by atoms with Gasteiger partial charge >= 0.3 is 0 Å². The molecule has 0 fully saturated rings. The molecule has 4 nitrogen and oxygen atoms in total. The van der Waals surface area contributed by atoms with Gasteiger partial charge in [-0.1, -0.05) is 41.5 Å². The van der Waals surface area contributed by atoms with Gasteiger partial charge in [0.15, 0.2) is 0 Å². The largest absolute Gasteiger partial charge is 0.512 e. The molecule has 0 unspecified atom stereocenters. The van der Waals surface area contributed by atoms with Crippen LogP contribution < -0.4 is 0 Å². The van der Waals surface area contributed by atoms with Gasteiger partial charge in [-0.05, 0) is 17.4 Å². The first-order valence-electron chi connectivity index (χ1n) is 6.75. The standard InChI is InChI=1S/C16H24N2O2/c1-15(2,3)8-11-9-17-14(18-10-11)12(19)7-13(20)16(4,5)6/h7,9-10,20H,8H2,1-6H3/b13-7-. The molecule has 0 aliphatic heterocycles. The van der Waals surface area contributed by atoms with Crippen molar-refractivity contribution in [2.75, 3.05) is 0 Å². The highest BCUT2D eigenvalue weighted by Gasteiger charge is 2.19. The van der Waals surface area contributed by atoms with E-state index in [-0.39, 0.29) is 22.8 Å². The summed E-state index contributed by atoms with van der Waals surface area (Å²) < 4.78 is 0. The second-order valence-corrected chi connectivity index (χ2v) is 7.30. The number of carbonyl (C=O) groups is 1. The molecule has 1 aromatic rings. The van der Waals surface area contributed by atoms with Gasteiger partial charge in [0.1, 0.15) is 5.76 Å². The molecule has 1 aromatic heterocycles. The Bertz CT molecular complexity index is 503. The van der Waals surface area contributed by atoms with E-state index in [9.17, 15) is 9.90 Å². The lowest BCUT2D eigenvalue weighted by atomic mass is 9.89. The third kappa shape index (κ3) is 5.11. The summed E-state index contributed by atoms with van der Waals surface area (Å²) in [5, 5.41) is 9.81. The van der Waals surface area contributed by atoms with Crippen molar-refractivity contribution in [2.45, 2.75) is 48.0 Å². The molecular weight excluding hydrogens is 252 g/mol. The molecular formula is C16H24N2O2. The number of hydrogen-bond acceptors (Lipinski definition) is 4. The Hall–Kier alpha value is -1.71. The lowest BCUT2D eigenvalue weighted by molar-refractivity contribution is 0.102. The van der Waals surface area contributed by atoms with E-state index < -0.39 is 5.41 Å². The van der Waals surface area contributed by atoms with Crippen LogP contribution in [-0.4, -0.2) is 20.9 Å². The minimum absolute atomic E-state index is 0.0323. The molecule has 0 aromatic carbocycles. The summed E-state index contributed by atoms with van der Waals surface area (Å²) in [5.41, 5.74) is 0.694. The van der Waals surface area contributed by atoms with Crippen molar-refractivity contribution in [1.82, 2.24) is 9.97 Å². The molecule has 0 aliphatic carbocycles. The second kappa shape index (κ2) is 5.73. The van der Waals surface area contributed by atoms with Gasteiger partial charge in [0.05, 0.1) is 0 Å². The maximum Gasteiger partial charge on any atom is 0.226 e. The van der Waals surface area contributed by atoms with Crippen molar-refractivity contribution in [1.29, 1.82) is 0 Å². The fourth-order valence-corrected chi connectivity index (χ4v) is 1.59. The number of hydrogen-bond donors (Lipinski definition) is 1. The van der Waals surface area contributed by atoms with Gasteiger partial charge in [-0.25, -0.2) is 9.97 Å². The average molecular weight is 276 g/mol. The lowest BCUT2D eigenvalue weighted by Crippen LogP contribution is -2.13. The number of aliphatic hydroxyl groups is 1. The summed E-state index contributed by atoms with van der Waals surface area (Å²) in [7, 11) is 0. The van der Waals surface area contributed by atoms with Crippen molar-refractivity contribution in [3.63, 3.8) is 0 Å². The van der Waals surface area contributed by atoms with E-state index >= 15 is 0 Å². The topological polar surface area (TPSA) is 63.1 Å². The maximum absolute atomic E-state index is 11.9. The number of nitrogens with zero attached hydrogens (tertiary/aromatic N) is 2. The van der Waals surface area contributed by atoms with E-state index in [4.69, 9.17) is 0 Å². The van der Waals surface area contributed by atoms with Crippen LogP contribution in [0, 0.1) is 10.8 Å². The first-order valence-corrected chi connectivity index (χ1v) is 6.75. The Balaban J connectivity index is 2.87. The molecule has 20 heavy (non-hydrogen) atoms. The summed E-state index contributed by atoms with van der Waals surface area (Å²) in [6.45, 7) is 11.9. The van der Waals surface area contributed by atoms with Crippen LogP contribution in [0.1, 0.15) is 57.7 Å². The van der Waals surface area contributed by atoms with Gasteiger partial charge < -0.3 is 5.11 Å². The quantitative estimate of drug-likeness (QED) is 0.519. The van der Waals surface area contributed by atoms with Crippen LogP contribution in [0.15, 0.2) is 24.2 Å². The van der Waals surface area contributed by atoms with Gasteiger partial charge in [-0.2, -0.15) is 0 Å². The molecule has 110 valence electrons. The second-order valence-electron chi connectivity index (χ2n) is 7.30. The van der Waals surface area contributed by atoms with Crippen LogP contribution in [0.4, 0.5) is 0 Å². The van der Waals surface area contributed by atoms with Gasteiger partial charge in [-0.3, -0.25) is 4.79 Å². The van der Waals surface area contributed by atoms with Gasteiger partial charge in [0.2, 0.25) is 11.6 Å². The van der Waals surface area contributed by atoms with E-state index in [0.717, 1.165) is 12.0 Å². The van der Waals surface area contributed by atoms with Crippen molar-refractivity contribution in [3.05, 3.63) is 35.6 Å². The Morgan fingerprint density at radius 3 is 2.05 bits per heavy atom. The van der Waals surface area contributed by atoms with Crippen LogP contribution in [0.25, 0.3) is 0 Å². The monoisotopic (exact) mass is 276 g/mol. The molecule has 0 amide bonds. The van der Waals surface area contributed by atoms with Crippen LogP contribution in [-0.2, 0) is 6.42 Å². The molecule has 0 atom stereocenters. The molecule has 0 aliphatic rings. The zero-order valence-corrected chi connectivity index (χ0v) is 13.2. The number of aliphatic hydroxyl groups excluding tert-OH is 1. The van der Waals surface area contributed by atoms with E-state index in [2.05, 4.69) is 30.7 Å². The molecule has 0 radical (unpaired) electrons. The minimum atomic E-state index is -0.457. The third-order valence-electron chi connectivity index (χ3n) is 2.70. The molecule has 1 heterocycles. The van der Waals surface area contributed by atoms with E-state index in [1.165, 1.54) is 6.08 Å². The average Bonchev–Trinajstić information content (AvgIpc) is 2.26. The number of ketones is 1. The maximum atomic E-state index is 11.9. The van der Waals surface area contributed by atoms with Crippen LogP contribution in [0.5, 0.6) is 0 Å². The van der Waals surface area contributed by atoms with Crippen LogP contribution >= 0.6 is 0 Å². The fraction of sp³-hybridized carbons (Fsp3) is 0.562. The fourth-order valence-electron chi connectivity index (χ4n) is 1.59. The van der Waals surface area contributed by atoms with E-state index in [0.29, 0.717) is 0 Å². The lowest BCUT2D eigenvalue weighted by Gasteiger charge is -2.17. The summed E-state index contributed by atoms with van der Waals surface area (Å²) in [5.74, 6) is -0.233. The number of carbonyl (C=O) groups excluding carboxylic acids is 1. The first-order chi connectivity index (χ1) is 8.99. The highest BCUT2D eigenvalue weighted by atomic mass is 16.3. The minimum Gasteiger partial charge on any atom is -0.512 e. The molecule has 4 heteroatoms. The molecule has 0 spiro atoms. The van der Waals surface area contributed by atoms with Gasteiger partial charge in [-0.15, -0.1) is 0 Å². The summed E-state index contributed by atoms with van der Waals surface area (Å²) in [6.07, 6.45) is 5.39. The summed E-state index contributed by atoms with van der Waals surface area (Å²) in [4.78, 5) is 20.1. The zero-order valence-electron chi connectivity index (χ0n) is 13.2. The number of allylic oxidation sites excluding steroid dienone is 2. The normalized spacial score (nSPS) is 13.4. The van der Waals surface area contributed by atoms with Crippen LogP contribution in [0.3, 0.4) is 0 Å². The molecule has 1 N–H and O–H groups in total. The van der Waals surface area contributed by atoms with Crippen molar-refractivity contribution in [2.24, 2.45) is 10.8 Å². The Kier molecular flexibility index (Phi) is 4.69. The highest BCUT2D eigenvalue weighted by molar-refractivity contribution is 6.01. The van der Waals surface area contributed by atoms with Crippen molar-refractivity contribution < 1.29 is 9.90 Å². The Morgan fingerprint density at radius 2 is 1.65 bits per heavy atom. The van der Waals surface area contributed by atoms with E-state index in [1.54, 1.807) is 12.4 Å². The summed E-state index contributed by atoms with van der Waals surface area (Å²) in [6, 6.07) is 0. The SMILES string of the molecule is CC(C)(C)Cc1cnc(C(=O)/C=C(\O)C(C)(C)C)nc1. The third-order valence-corrected chi connectivity index (χ3v) is 2.70. The molecule has 1 rings (SSSR count). The Morgan fingerprint density at radius 1 is 1.15 bits per heavy atom. The van der Waals surface area contributed by atoms with Crippen molar-refractivity contribution in [3.8, 4) is 0 Å². The van der Waals surface area contributed by atoms with Gasteiger partial charge in [0, 0.05) is 23.9 Å².